The molecule has 0 saturated carbocycles. The molecule has 6 heteroatoms. The molecule has 0 aromatic carbocycles. The number of hydrogen-bond donors (Lipinski definition) is 3. The smallest absolute Gasteiger partial charge is 0.305 e. The van der Waals surface area contributed by atoms with E-state index in [1.54, 1.807) is 0 Å². The predicted molar refractivity (Wildman–Crippen MR) is 384 cm³/mol. The molecule has 87 heavy (non-hydrogen) atoms. The average molecular weight is 1220 g/mol. The highest BCUT2D eigenvalue weighted by Crippen LogP contribution is 2.19. The maximum Gasteiger partial charge on any atom is 0.305 e. The molecule has 0 rings (SSSR count). The molecule has 0 bridgehead atoms. The zero-order valence-electron chi connectivity index (χ0n) is 58.8. The van der Waals surface area contributed by atoms with Gasteiger partial charge in [-0.3, -0.25) is 9.59 Å². The van der Waals surface area contributed by atoms with Crippen LogP contribution in [0.25, 0.3) is 0 Å². The Balaban J connectivity index is 3.35. The Morgan fingerprint density at radius 2 is 0.575 bits per heavy atom. The topological polar surface area (TPSA) is 95.9 Å². The van der Waals surface area contributed by atoms with Gasteiger partial charge in [-0.25, -0.2) is 0 Å². The molecule has 0 heterocycles. The van der Waals surface area contributed by atoms with Crippen LogP contribution in [0.5, 0.6) is 0 Å². The Morgan fingerprint density at radius 1 is 0.322 bits per heavy atom. The summed E-state index contributed by atoms with van der Waals surface area (Å²) in [6.45, 7) is 4.96. The van der Waals surface area contributed by atoms with Crippen molar-refractivity contribution in [3.8, 4) is 0 Å². The minimum atomic E-state index is -0.662. The van der Waals surface area contributed by atoms with Crippen molar-refractivity contribution in [2.75, 3.05) is 13.2 Å². The summed E-state index contributed by atoms with van der Waals surface area (Å²) < 4.78 is 5.50. The Bertz CT molecular complexity index is 1450. The summed E-state index contributed by atoms with van der Waals surface area (Å²) in [5.74, 6) is -0.0219. The molecule has 0 aromatic heterocycles. The fourth-order valence-corrected chi connectivity index (χ4v) is 12.4. The van der Waals surface area contributed by atoms with Crippen LogP contribution in [0.1, 0.15) is 431 Å². The molecule has 0 saturated heterocycles. The van der Waals surface area contributed by atoms with Crippen LogP contribution in [0, 0.1) is 0 Å². The molecule has 0 aliphatic rings. The first-order chi connectivity index (χ1) is 43.0. The lowest BCUT2D eigenvalue weighted by atomic mass is 10.0. The van der Waals surface area contributed by atoms with Gasteiger partial charge in [0.2, 0.25) is 5.91 Å². The van der Waals surface area contributed by atoms with E-state index in [0.29, 0.717) is 25.9 Å². The molecule has 0 aliphatic heterocycles. The lowest BCUT2D eigenvalue weighted by Crippen LogP contribution is -2.45. The second-order valence-corrected chi connectivity index (χ2v) is 27.0. The van der Waals surface area contributed by atoms with E-state index in [0.717, 1.165) is 57.8 Å². The number of rotatable bonds is 74. The highest BCUT2D eigenvalue weighted by atomic mass is 16.5. The number of amides is 1. The summed E-state index contributed by atoms with van der Waals surface area (Å²) in [5.41, 5.74) is 0. The fourth-order valence-electron chi connectivity index (χ4n) is 12.4. The van der Waals surface area contributed by atoms with Crippen molar-refractivity contribution in [1.29, 1.82) is 0 Å². The third-order valence-electron chi connectivity index (χ3n) is 18.4. The summed E-state index contributed by atoms with van der Waals surface area (Å²) >= 11 is 0. The van der Waals surface area contributed by atoms with Crippen molar-refractivity contribution in [2.45, 2.75) is 443 Å². The number of carbonyl (C=O) groups excluding carboxylic acids is 2. The number of esters is 1. The second kappa shape index (κ2) is 76.3. The number of nitrogens with one attached hydrogen (secondary N) is 1. The molecule has 0 aromatic rings. The number of unbranched alkanes of at least 4 members (excludes halogenated alkanes) is 55. The van der Waals surface area contributed by atoms with E-state index in [1.807, 2.05) is 0 Å². The zero-order chi connectivity index (χ0) is 62.8. The Labute approximate surface area is 544 Å². The molecule has 512 valence electrons. The van der Waals surface area contributed by atoms with Crippen LogP contribution >= 0.6 is 0 Å². The van der Waals surface area contributed by atoms with Gasteiger partial charge in [-0.05, 0) is 89.9 Å². The Morgan fingerprint density at radius 3 is 0.885 bits per heavy atom. The van der Waals surface area contributed by atoms with Crippen molar-refractivity contribution in [3.63, 3.8) is 0 Å². The first kappa shape index (κ1) is 84.8. The zero-order valence-corrected chi connectivity index (χ0v) is 58.8. The monoisotopic (exact) mass is 1220 g/mol. The molecule has 6 nitrogen and oxygen atoms in total. The largest absolute Gasteiger partial charge is 0.466 e. The van der Waals surface area contributed by atoms with Crippen molar-refractivity contribution >= 4 is 11.9 Å². The molecule has 2 unspecified atom stereocenters. The third-order valence-corrected chi connectivity index (χ3v) is 18.4. The van der Waals surface area contributed by atoms with Crippen LogP contribution in [-0.4, -0.2) is 47.4 Å². The van der Waals surface area contributed by atoms with Gasteiger partial charge >= 0.3 is 5.97 Å². The molecule has 0 fully saturated rings. The van der Waals surface area contributed by atoms with E-state index >= 15 is 0 Å². The summed E-state index contributed by atoms with van der Waals surface area (Å²) in [6.07, 6.45) is 101. The quantitative estimate of drug-likeness (QED) is 0.0320. The maximum atomic E-state index is 12.5. The lowest BCUT2D eigenvalue weighted by molar-refractivity contribution is -0.143. The lowest BCUT2D eigenvalue weighted by Gasteiger charge is -2.22. The van der Waals surface area contributed by atoms with Gasteiger partial charge in [0.15, 0.2) is 0 Å². The summed E-state index contributed by atoms with van der Waals surface area (Å²) in [4.78, 5) is 24.6. The van der Waals surface area contributed by atoms with Gasteiger partial charge < -0.3 is 20.3 Å². The van der Waals surface area contributed by atoms with E-state index < -0.39 is 12.1 Å². The van der Waals surface area contributed by atoms with Gasteiger partial charge in [0.05, 0.1) is 25.4 Å². The van der Waals surface area contributed by atoms with Crippen LogP contribution in [0.15, 0.2) is 48.6 Å². The number of aliphatic hydroxyl groups excluding tert-OH is 2. The SMILES string of the molecule is CCCCCC/C=C\C/C=C\CCCCCCCC(=O)OCCCCCCCCCCCCCCCCC/C=C\C/C=C\CCCCCCCCCCCCCCCCCCCC(=O)NC(CO)C(O)CCCCCCCCCCCCCCCCC. The van der Waals surface area contributed by atoms with Crippen LogP contribution < -0.4 is 5.32 Å². The van der Waals surface area contributed by atoms with Crippen LogP contribution in [0.3, 0.4) is 0 Å². The highest BCUT2D eigenvalue weighted by molar-refractivity contribution is 5.76. The number of allylic oxidation sites excluding steroid dienone is 8. The van der Waals surface area contributed by atoms with Gasteiger partial charge in [-0.2, -0.15) is 0 Å². The molecule has 1 amide bonds. The first-order valence-corrected chi connectivity index (χ1v) is 39.4. The van der Waals surface area contributed by atoms with Gasteiger partial charge in [0.1, 0.15) is 0 Å². The Hall–Kier alpha value is -2.18. The number of carbonyl (C=O) groups is 2. The highest BCUT2D eigenvalue weighted by Gasteiger charge is 2.20. The minimum Gasteiger partial charge on any atom is -0.466 e. The van der Waals surface area contributed by atoms with E-state index in [9.17, 15) is 19.8 Å². The molecular formula is C81H153NO5. The van der Waals surface area contributed by atoms with Crippen LogP contribution in [-0.2, 0) is 14.3 Å². The minimum absolute atomic E-state index is 0.00713. The Kier molecular flexibility index (Phi) is 74.4. The second-order valence-electron chi connectivity index (χ2n) is 27.0. The van der Waals surface area contributed by atoms with Gasteiger partial charge in [0, 0.05) is 12.8 Å². The van der Waals surface area contributed by atoms with E-state index in [1.165, 1.54) is 340 Å². The standard InChI is InChI=1S/C81H153NO5/c1-3-5-7-9-11-13-15-17-19-47-51-55-59-63-67-71-75-81(86)87-76-72-68-64-60-56-52-48-44-42-40-38-36-34-32-30-28-26-24-22-20-21-23-25-27-29-31-33-35-37-39-41-43-46-50-54-58-62-66-70-74-80(85)82-78(77-83)79(84)73-69-65-61-57-53-49-45-18-16-14-12-10-8-6-4-2/h13,15,19-21,24,26,47,78-79,83-84H,3-12,14,16-18,22-23,25,27-46,48-77H2,1-2H3,(H,82,85)/b15-13-,21-20-,26-24-,47-19-. The predicted octanol–water partition coefficient (Wildman–Crippen LogP) is 26.0. The molecule has 3 N–H and O–H groups in total. The van der Waals surface area contributed by atoms with E-state index in [2.05, 4.69) is 67.8 Å². The van der Waals surface area contributed by atoms with Crippen molar-refractivity contribution in [2.24, 2.45) is 0 Å². The van der Waals surface area contributed by atoms with Gasteiger partial charge in [-0.15, -0.1) is 0 Å². The van der Waals surface area contributed by atoms with E-state index in [4.69, 9.17) is 4.74 Å². The van der Waals surface area contributed by atoms with Crippen molar-refractivity contribution in [3.05, 3.63) is 48.6 Å². The molecule has 0 aliphatic carbocycles. The summed E-state index contributed by atoms with van der Waals surface area (Å²) in [5, 5.41) is 23.4. The van der Waals surface area contributed by atoms with Crippen molar-refractivity contribution in [1.82, 2.24) is 5.32 Å². The third kappa shape index (κ3) is 72.8. The molecule has 0 radical (unpaired) electrons. The summed E-state index contributed by atoms with van der Waals surface area (Å²) in [6, 6.07) is -0.539. The summed E-state index contributed by atoms with van der Waals surface area (Å²) in [7, 11) is 0. The molecule has 0 spiro atoms. The number of hydrogen-bond acceptors (Lipinski definition) is 5. The maximum absolute atomic E-state index is 12.5. The number of ether oxygens (including phenoxy) is 1. The van der Waals surface area contributed by atoms with Gasteiger partial charge in [0.25, 0.3) is 0 Å². The van der Waals surface area contributed by atoms with Crippen molar-refractivity contribution < 1.29 is 24.5 Å². The number of aliphatic hydroxyl groups is 2. The van der Waals surface area contributed by atoms with E-state index in [-0.39, 0.29) is 18.5 Å². The fraction of sp³-hybridized carbons (Fsp3) is 0.877. The molecule has 2 atom stereocenters. The first-order valence-electron chi connectivity index (χ1n) is 39.4. The van der Waals surface area contributed by atoms with Gasteiger partial charge in [-0.1, -0.05) is 377 Å². The average Bonchev–Trinajstić information content (AvgIpc) is 3.56. The molecular weight excluding hydrogens is 1070 g/mol. The van der Waals surface area contributed by atoms with Crippen LogP contribution in [0.2, 0.25) is 0 Å². The normalized spacial score (nSPS) is 12.7. The van der Waals surface area contributed by atoms with Crippen LogP contribution in [0.4, 0.5) is 0 Å².